The smallest absolute Gasteiger partial charge is 0.274 e. The topological polar surface area (TPSA) is 50.2 Å². The molecule has 128 valence electrons. The van der Waals surface area contributed by atoms with Crippen LogP contribution in [0.3, 0.4) is 0 Å². The van der Waals surface area contributed by atoms with Gasteiger partial charge in [-0.05, 0) is 37.5 Å². The molecule has 0 spiro atoms. The maximum Gasteiger partial charge on any atom is 0.274 e. The molecule has 5 nitrogen and oxygen atoms in total. The summed E-state index contributed by atoms with van der Waals surface area (Å²) in [5.74, 6) is 0.536. The van der Waals surface area contributed by atoms with E-state index in [4.69, 9.17) is 0 Å². The van der Waals surface area contributed by atoms with E-state index in [1.54, 1.807) is 0 Å². The minimum absolute atomic E-state index is 0.0312. The summed E-state index contributed by atoms with van der Waals surface area (Å²) >= 11 is 0. The van der Waals surface area contributed by atoms with E-state index in [0.717, 1.165) is 37.4 Å². The summed E-state index contributed by atoms with van der Waals surface area (Å²) < 4.78 is 1.92. The maximum absolute atomic E-state index is 12.9. The van der Waals surface area contributed by atoms with Gasteiger partial charge in [-0.15, -0.1) is 0 Å². The van der Waals surface area contributed by atoms with Crippen molar-refractivity contribution in [1.82, 2.24) is 20.0 Å². The zero-order valence-electron chi connectivity index (χ0n) is 14.7. The molecule has 2 heterocycles. The van der Waals surface area contributed by atoms with Crippen molar-refractivity contribution in [2.24, 2.45) is 5.92 Å². The summed E-state index contributed by atoms with van der Waals surface area (Å²) in [4.78, 5) is 14.8. The number of para-hydroxylation sites is 1. The number of piperazine rings is 1. The third kappa shape index (κ3) is 3.51. The molecule has 1 aliphatic heterocycles. The molecule has 0 unspecified atom stereocenters. The summed E-state index contributed by atoms with van der Waals surface area (Å²) in [6.07, 6.45) is 0.895. The Morgan fingerprint density at radius 3 is 2.75 bits per heavy atom. The fourth-order valence-electron chi connectivity index (χ4n) is 3.17. The van der Waals surface area contributed by atoms with Crippen LogP contribution in [-0.4, -0.2) is 46.3 Å². The first kappa shape index (κ1) is 16.7. The minimum atomic E-state index is 0.0312. The van der Waals surface area contributed by atoms with E-state index in [9.17, 15) is 4.79 Å². The van der Waals surface area contributed by atoms with Gasteiger partial charge >= 0.3 is 0 Å². The fraction of sp³-hybridized carbons (Fsp3) is 0.474. The van der Waals surface area contributed by atoms with Crippen LogP contribution in [0.25, 0.3) is 5.69 Å². The Kier molecular flexibility index (Phi) is 5.00. The highest BCUT2D eigenvalue weighted by Crippen LogP contribution is 2.18. The molecule has 0 aliphatic carbocycles. The van der Waals surface area contributed by atoms with Crippen molar-refractivity contribution < 1.29 is 4.79 Å². The van der Waals surface area contributed by atoms with E-state index in [2.05, 4.69) is 31.2 Å². The van der Waals surface area contributed by atoms with Gasteiger partial charge in [0.15, 0.2) is 5.69 Å². The van der Waals surface area contributed by atoms with Crippen LogP contribution in [0, 0.1) is 5.92 Å². The fourth-order valence-corrected chi connectivity index (χ4v) is 3.17. The van der Waals surface area contributed by atoms with E-state index in [1.807, 2.05) is 46.0 Å². The average Bonchev–Trinajstić information content (AvgIpc) is 2.98. The number of rotatable bonds is 4. The molecule has 3 rings (SSSR count). The first-order chi connectivity index (χ1) is 11.6. The van der Waals surface area contributed by atoms with Gasteiger partial charge in [0.25, 0.3) is 5.91 Å². The number of nitrogens with one attached hydrogen (secondary N) is 1. The molecular weight excluding hydrogens is 300 g/mol. The lowest BCUT2D eigenvalue weighted by atomic mass is 10.1. The van der Waals surface area contributed by atoms with Crippen molar-refractivity contribution in [2.45, 2.75) is 33.2 Å². The molecule has 1 fully saturated rings. The SMILES string of the molecule is CC(C)Cc1cc(C(=O)N2CCNC[C@@H]2C)nn1-c1ccccc1. The summed E-state index contributed by atoms with van der Waals surface area (Å²) in [6, 6.07) is 12.2. The van der Waals surface area contributed by atoms with Crippen LogP contribution in [0.1, 0.15) is 37.0 Å². The molecule has 5 heteroatoms. The van der Waals surface area contributed by atoms with Crippen LogP contribution in [0.4, 0.5) is 0 Å². The molecule has 1 N–H and O–H groups in total. The molecule has 1 aliphatic rings. The molecule has 1 saturated heterocycles. The van der Waals surface area contributed by atoms with Crippen molar-refractivity contribution in [3.63, 3.8) is 0 Å². The molecule has 0 radical (unpaired) electrons. The van der Waals surface area contributed by atoms with Crippen LogP contribution in [-0.2, 0) is 6.42 Å². The van der Waals surface area contributed by atoms with Crippen LogP contribution < -0.4 is 5.32 Å². The number of carbonyl (C=O) groups is 1. The number of aromatic nitrogens is 2. The van der Waals surface area contributed by atoms with Gasteiger partial charge in [0.2, 0.25) is 0 Å². The molecule has 1 atom stereocenters. The Bertz CT molecular complexity index is 693. The minimum Gasteiger partial charge on any atom is -0.332 e. The Morgan fingerprint density at radius 1 is 1.33 bits per heavy atom. The molecule has 0 bridgehead atoms. The van der Waals surface area contributed by atoms with Crippen LogP contribution >= 0.6 is 0 Å². The van der Waals surface area contributed by atoms with E-state index < -0.39 is 0 Å². The standard InChI is InChI=1S/C19H26N4O/c1-14(2)11-17-12-18(19(24)22-10-9-20-13-15(22)3)21-23(17)16-7-5-4-6-8-16/h4-8,12,14-15,20H,9-11,13H2,1-3H3/t15-/m0/s1. The van der Waals surface area contributed by atoms with E-state index in [-0.39, 0.29) is 11.9 Å². The van der Waals surface area contributed by atoms with Gasteiger partial charge < -0.3 is 10.2 Å². The lowest BCUT2D eigenvalue weighted by Gasteiger charge is -2.33. The first-order valence-electron chi connectivity index (χ1n) is 8.72. The number of amides is 1. The zero-order valence-corrected chi connectivity index (χ0v) is 14.7. The predicted octanol–water partition coefficient (Wildman–Crippen LogP) is 2.50. The van der Waals surface area contributed by atoms with Gasteiger partial charge in [-0.3, -0.25) is 4.79 Å². The van der Waals surface area contributed by atoms with Crippen LogP contribution in [0.5, 0.6) is 0 Å². The molecule has 2 aromatic rings. The first-order valence-corrected chi connectivity index (χ1v) is 8.72. The molecule has 1 amide bonds. The van der Waals surface area contributed by atoms with Crippen molar-refractivity contribution in [1.29, 1.82) is 0 Å². The molecule has 1 aromatic heterocycles. The van der Waals surface area contributed by atoms with Gasteiger partial charge in [0.1, 0.15) is 0 Å². The Hall–Kier alpha value is -2.14. The van der Waals surface area contributed by atoms with Crippen molar-refractivity contribution >= 4 is 5.91 Å². The second-order valence-corrected chi connectivity index (χ2v) is 6.92. The van der Waals surface area contributed by atoms with Crippen molar-refractivity contribution in [2.75, 3.05) is 19.6 Å². The quantitative estimate of drug-likeness (QED) is 0.939. The Morgan fingerprint density at radius 2 is 2.08 bits per heavy atom. The molecule has 0 saturated carbocycles. The molecule has 24 heavy (non-hydrogen) atoms. The van der Waals surface area contributed by atoms with E-state index in [0.29, 0.717) is 11.6 Å². The second-order valence-electron chi connectivity index (χ2n) is 6.92. The van der Waals surface area contributed by atoms with Crippen LogP contribution in [0.2, 0.25) is 0 Å². The lowest BCUT2D eigenvalue weighted by Crippen LogP contribution is -2.52. The average molecular weight is 326 g/mol. The number of benzene rings is 1. The van der Waals surface area contributed by atoms with Gasteiger partial charge in [-0.1, -0.05) is 32.0 Å². The van der Waals surface area contributed by atoms with Gasteiger partial charge in [-0.2, -0.15) is 5.10 Å². The normalized spacial score (nSPS) is 18.2. The highest BCUT2D eigenvalue weighted by atomic mass is 16.2. The van der Waals surface area contributed by atoms with Crippen molar-refractivity contribution in [3.8, 4) is 5.69 Å². The van der Waals surface area contributed by atoms with E-state index in [1.165, 1.54) is 0 Å². The highest BCUT2D eigenvalue weighted by Gasteiger charge is 2.26. The number of carbonyl (C=O) groups excluding carboxylic acids is 1. The molecular formula is C19H26N4O. The van der Waals surface area contributed by atoms with Gasteiger partial charge in [0.05, 0.1) is 5.69 Å². The van der Waals surface area contributed by atoms with Crippen molar-refractivity contribution in [3.05, 3.63) is 47.8 Å². The van der Waals surface area contributed by atoms with Gasteiger partial charge in [-0.25, -0.2) is 4.68 Å². The lowest BCUT2D eigenvalue weighted by molar-refractivity contribution is 0.0649. The van der Waals surface area contributed by atoms with Gasteiger partial charge in [0, 0.05) is 31.4 Å². The second kappa shape index (κ2) is 7.18. The maximum atomic E-state index is 12.9. The summed E-state index contributed by atoms with van der Waals surface area (Å²) in [5, 5.41) is 7.97. The number of hydrogen-bond acceptors (Lipinski definition) is 3. The third-order valence-corrected chi connectivity index (χ3v) is 4.38. The largest absolute Gasteiger partial charge is 0.332 e. The van der Waals surface area contributed by atoms with Crippen LogP contribution in [0.15, 0.2) is 36.4 Å². The summed E-state index contributed by atoms with van der Waals surface area (Å²) in [5.41, 5.74) is 2.63. The monoisotopic (exact) mass is 326 g/mol. The Balaban J connectivity index is 1.94. The Labute approximate surface area is 143 Å². The zero-order chi connectivity index (χ0) is 17.1. The van der Waals surface area contributed by atoms with E-state index >= 15 is 0 Å². The molecule has 1 aromatic carbocycles. The third-order valence-electron chi connectivity index (χ3n) is 4.38. The summed E-state index contributed by atoms with van der Waals surface area (Å²) in [7, 11) is 0. The summed E-state index contributed by atoms with van der Waals surface area (Å²) in [6.45, 7) is 8.85. The number of hydrogen-bond donors (Lipinski definition) is 1. The predicted molar refractivity (Wildman–Crippen MR) is 95.5 cm³/mol. The number of nitrogens with zero attached hydrogens (tertiary/aromatic N) is 3. The highest BCUT2D eigenvalue weighted by molar-refractivity contribution is 5.92.